The van der Waals surface area contributed by atoms with Gasteiger partial charge in [-0.25, -0.2) is 4.98 Å². The molecule has 0 bridgehead atoms. The molecule has 0 unspecified atom stereocenters. The Morgan fingerprint density at radius 1 is 1.35 bits per heavy atom. The maximum atomic E-state index is 12.0. The van der Waals surface area contributed by atoms with E-state index >= 15 is 0 Å². The van der Waals surface area contributed by atoms with Crippen molar-refractivity contribution in [1.82, 2.24) is 9.55 Å². The van der Waals surface area contributed by atoms with Crippen molar-refractivity contribution in [1.29, 1.82) is 0 Å². The summed E-state index contributed by atoms with van der Waals surface area (Å²) in [6.07, 6.45) is 3.50. The largest absolute Gasteiger partial charge is 0.320 e. The summed E-state index contributed by atoms with van der Waals surface area (Å²) in [5, 5.41) is 2.78. The van der Waals surface area contributed by atoms with Crippen LogP contribution >= 0.6 is 0 Å². The molecule has 1 amide bonds. The third-order valence-corrected chi connectivity index (χ3v) is 3.17. The first-order chi connectivity index (χ1) is 9.58. The highest BCUT2D eigenvalue weighted by Gasteiger charge is 2.18. The molecule has 0 aliphatic heterocycles. The lowest BCUT2D eigenvalue weighted by atomic mass is 10.1. The zero-order valence-corrected chi connectivity index (χ0v) is 11.8. The second-order valence-electron chi connectivity index (χ2n) is 5.12. The molecule has 0 saturated carbocycles. The average molecular weight is 272 g/mol. The summed E-state index contributed by atoms with van der Waals surface area (Å²) >= 11 is 0. The number of hydrogen-bond donors (Lipinski definition) is 2. The van der Waals surface area contributed by atoms with Crippen LogP contribution in [0.15, 0.2) is 42.7 Å². The lowest BCUT2D eigenvalue weighted by Gasteiger charge is -2.15. The van der Waals surface area contributed by atoms with Gasteiger partial charge in [0.25, 0.3) is 0 Å². The molecule has 1 heterocycles. The molecule has 0 saturated heterocycles. The SMILES string of the molecule is CC(C)[C@H](N)C(=O)Nc1nccn1Cc1ccccc1. The number of benzene rings is 1. The number of carbonyl (C=O) groups excluding carboxylic acids is 1. The van der Waals surface area contributed by atoms with Crippen molar-refractivity contribution in [2.45, 2.75) is 26.4 Å². The van der Waals surface area contributed by atoms with Gasteiger partial charge in [0.2, 0.25) is 11.9 Å². The molecule has 3 N–H and O–H groups in total. The number of rotatable bonds is 5. The summed E-state index contributed by atoms with van der Waals surface area (Å²) in [7, 11) is 0. The fourth-order valence-electron chi connectivity index (χ4n) is 1.84. The average Bonchev–Trinajstić information content (AvgIpc) is 2.86. The van der Waals surface area contributed by atoms with E-state index in [1.165, 1.54) is 0 Å². The standard InChI is InChI=1S/C15H20N4O/c1-11(2)13(16)14(20)18-15-17-8-9-19(15)10-12-6-4-3-5-7-12/h3-9,11,13H,10,16H2,1-2H3,(H,17,18,20)/t13-/m0/s1. The van der Waals surface area contributed by atoms with Crippen molar-refractivity contribution in [2.75, 3.05) is 5.32 Å². The Hall–Kier alpha value is -2.14. The van der Waals surface area contributed by atoms with Gasteiger partial charge in [0.05, 0.1) is 12.6 Å². The Labute approximate surface area is 118 Å². The van der Waals surface area contributed by atoms with Gasteiger partial charge >= 0.3 is 0 Å². The highest BCUT2D eigenvalue weighted by Crippen LogP contribution is 2.10. The molecule has 2 aromatic rings. The molecule has 106 valence electrons. The zero-order valence-electron chi connectivity index (χ0n) is 11.8. The second kappa shape index (κ2) is 6.34. The molecule has 1 atom stereocenters. The maximum Gasteiger partial charge on any atom is 0.243 e. The summed E-state index contributed by atoms with van der Waals surface area (Å²) in [4.78, 5) is 16.1. The first-order valence-electron chi connectivity index (χ1n) is 6.69. The molecular weight excluding hydrogens is 252 g/mol. The number of nitrogens with two attached hydrogens (primary N) is 1. The van der Waals surface area contributed by atoms with Crippen LogP contribution in [0, 0.1) is 5.92 Å². The predicted octanol–water partition coefficient (Wildman–Crippen LogP) is 1.85. The van der Waals surface area contributed by atoms with Gasteiger partial charge < -0.3 is 10.3 Å². The van der Waals surface area contributed by atoms with Crippen LogP contribution in [0.2, 0.25) is 0 Å². The van der Waals surface area contributed by atoms with Crippen LogP contribution in [0.25, 0.3) is 0 Å². The monoisotopic (exact) mass is 272 g/mol. The minimum Gasteiger partial charge on any atom is -0.320 e. The van der Waals surface area contributed by atoms with E-state index in [4.69, 9.17) is 5.73 Å². The third kappa shape index (κ3) is 3.45. The molecule has 1 aromatic heterocycles. The second-order valence-corrected chi connectivity index (χ2v) is 5.12. The van der Waals surface area contributed by atoms with Crippen molar-refractivity contribution < 1.29 is 4.79 Å². The molecule has 0 aliphatic carbocycles. The molecule has 5 heteroatoms. The number of nitrogens with one attached hydrogen (secondary N) is 1. The lowest BCUT2D eigenvalue weighted by Crippen LogP contribution is -2.40. The van der Waals surface area contributed by atoms with Crippen LogP contribution in [-0.2, 0) is 11.3 Å². The van der Waals surface area contributed by atoms with E-state index in [1.54, 1.807) is 6.20 Å². The van der Waals surface area contributed by atoms with E-state index in [2.05, 4.69) is 10.3 Å². The Morgan fingerprint density at radius 2 is 2.05 bits per heavy atom. The van der Waals surface area contributed by atoms with E-state index in [1.807, 2.05) is 54.9 Å². The van der Waals surface area contributed by atoms with Crippen molar-refractivity contribution >= 4 is 11.9 Å². The summed E-state index contributed by atoms with van der Waals surface area (Å²) in [6, 6.07) is 9.48. The van der Waals surface area contributed by atoms with Crippen molar-refractivity contribution in [2.24, 2.45) is 11.7 Å². The molecule has 20 heavy (non-hydrogen) atoms. The summed E-state index contributed by atoms with van der Waals surface area (Å²) in [6.45, 7) is 4.49. The van der Waals surface area contributed by atoms with Gasteiger partial charge in [0.1, 0.15) is 0 Å². The Balaban J connectivity index is 2.07. The van der Waals surface area contributed by atoms with Gasteiger partial charge in [-0.3, -0.25) is 10.1 Å². The first kappa shape index (κ1) is 14.3. The number of amides is 1. The Kier molecular flexibility index (Phi) is 4.53. The minimum atomic E-state index is -0.531. The number of hydrogen-bond acceptors (Lipinski definition) is 3. The smallest absolute Gasteiger partial charge is 0.243 e. The normalized spacial score (nSPS) is 12.4. The highest BCUT2D eigenvalue weighted by molar-refractivity contribution is 5.93. The van der Waals surface area contributed by atoms with Crippen molar-refractivity contribution in [3.8, 4) is 0 Å². The molecule has 0 radical (unpaired) electrons. The van der Waals surface area contributed by atoms with Gasteiger partial charge in [-0.15, -0.1) is 0 Å². The Bertz CT molecular complexity index is 562. The Morgan fingerprint density at radius 3 is 2.70 bits per heavy atom. The van der Waals surface area contributed by atoms with Crippen LogP contribution in [0.4, 0.5) is 5.95 Å². The summed E-state index contributed by atoms with van der Waals surface area (Å²) in [5.41, 5.74) is 6.98. The van der Waals surface area contributed by atoms with Gasteiger partial charge in [-0.05, 0) is 11.5 Å². The van der Waals surface area contributed by atoms with Crippen LogP contribution in [-0.4, -0.2) is 21.5 Å². The maximum absolute atomic E-state index is 12.0. The van der Waals surface area contributed by atoms with Crippen LogP contribution in [0.3, 0.4) is 0 Å². The van der Waals surface area contributed by atoms with Gasteiger partial charge in [-0.2, -0.15) is 0 Å². The molecule has 5 nitrogen and oxygen atoms in total. The van der Waals surface area contributed by atoms with Crippen molar-refractivity contribution in [3.05, 3.63) is 48.3 Å². The van der Waals surface area contributed by atoms with Crippen LogP contribution in [0.5, 0.6) is 0 Å². The highest BCUT2D eigenvalue weighted by atomic mass is 16.2. The fourth-order valence-corrected chi connectivity index (χ4v) is 1.84. The predicted molar refractivity (Wildman–Crippen MR) is 79.2 cm³/mol. The van der Waals surface area contributed by atoms with Crippen molar-refractivity contribution in [3.63, 3.8) is 0 Å². The molecule has 1 aromatic carbocycles. The third-order valence-electron chi connectivity index (χ3n) is 3.17. The molecule has 0 aliphatic rings. The van der Waals surface area contributed by atoms with E-state index in [0.29, 0.717) is 12.5 Å². The minimum absolute atomic E-state index is 0.0903. The van der Waals surface area contributed by atoms with E-state index < -0.39 is 6.04 Å². The van der Waals surface area contributed by atoms with Crippen LogP contribution < -0.4 is 11.1 Å². The molecular formula is C15H20N4O. The van der Waals surface area contributed by atoms with Gasteiger partial charge in [0, 0.05) is 12.4 Å². The number of nitrogens with zero attached hydrogens (tertiary/aromatic N) is 2. The number of anilines is 1. The topological polar surface area (TPSA) is 72.9 Å². The summed E-state index contributed by atoms with van der Waals surface area (Å²) < 4.78 is 1.89. The number of carbonyl (C=O) groups is 1. The zero-order chi connectivity index (χ0) is 14.5. The summed E-state index contributed by atoms with van der Waals surface area (Å²) in [5.74, 6) is 0.406. The van der Waals surface area contributed by atoms with E-state index in [-0.39, 0.29) is 11.8 Å². The quantitative estimate of drug-likeness (QED) is 0.872. The lowest BCUT2D eigenvalue weighted by molar-refractivity contribution is -0.118. The van der Waals surface area contributed by atoms with E-state index in [9.17, 15) is 4.79 Å². The van der Waals surface area contributed by atoms with E-state index in [0.717, 1.165) is 5.56 Å². The molecule has 0 spiro atoms. The molecule has 2 rings (SSSR count). The van der Waals surface area contributed by atoms with Gasteiger partial charge in [-0.1, -0.05) is 44.2 Å². The fraction of sp³-hybridized carbons (Fsp3) is 0.333. The number of imidazole rings is 1. The molecule has 0 fully saturated rings. The van der Waals surface area contributed by atoms with Gasteiger partial charge in [0.15, 0.2) is 0 Å². The first-order valence-corrected chi connectivity index (χ1v) is 6.69. The number of aromatic nitrogens is 2. The van der Waals surface area contributed by atoms with Crippen LogP contribution in [0.1, 0.15) is 19.4 Å².